The predicted molar refractivity (Wildman–Crippen MR) is 76.0 cm³/mol. The molecule has 0 radical (unpaired) electrons. The molecule has 3 rings (SSSR count). The molecule has 0 aromatic heterocycles. The van der Waals surface area contributed by atoms with E-state index in [4.69, 9.17) is 4.84 Å². The van der Waals surface area contributed by atoms with Gasteiger partial charge in [0.2, 0.25) is 0 Å². The molecule has 0 N–H and O–H groups in total. The summed E-state index contributed by atoms with van der Waals surface area (Å²) in [7, 11) is 1.29. The highest BCUT2D eigenvalue weighted by Crippen LogP contribution is 2.52. The number of fused-ring (bicyclic) bond motifs is 1. The second kappa shape index (κ2) is 5.49. The van der Waals surface area contributed by atoms with Crippen molar-refractivity contribution in [2.45, 2.75) is 25.7 Å². The van der Waals surface area contributed by atoms with Crippen LogP contribution in [0.2, 0.25) is 0 Å². The molecule has 7 heteroatoms. The molecule has 1 aromatic carbocycles. The Hall–Kier alpha value is -2.70. The van der Waals surface area contributed by atoms with E-state index in [1.54, 1.807) is 12.1 Å². The lowest BCUT2D eigenvalue weighted by Gasteiger charge is -2.16. The second-order valence-electron chi connectivity index (χ2n) is 5.84. The van der Waals surface area contributed by atoms with Crippen LogP contribution in [0.5, 0.6) is 0 Å². The number of amides is 2. The fourth-order valence-corrected chi connectivity index (χ4v) is 2.66. The molecule has 1 saturated carbocycles. The molecule has 7 nitrogen and oxygen atoms in total. The standard InChI is InChI=1S/C16H15NO6/c1-22-12(18)8-16(6-7-16)9-13(19)23-17-14(20)10-4-2-3-5-11(10)15(17)21/h2-5H,6-9H2,1H3. The topological polar surface area (TPSA) is 90.0 Å². The maximum absolute atomic E-state index is 12.1. The van der Waals surface area contributed by atoms with Crippen LogP contribution in [0.4, 0.5) is 0 Å². The fraction of sp³-hybridized carbons (Fsp3) is 0.375. The van der Waals surface area contributed by atoms with E-state index in [0.717, 1.165) is 0 Å². The Morgan fingerprint density at radius 3 is 2.04 bits per heavy atom. The number of ether oxygens (including phenoxy) is 1. The molecule has 1 aliphatic carbocycles. The Labute approximate surface area is 132 Å². The normalized spacial score (nSPS) is 17.7. The summed E-state index contributed by atoms with van der Waals surface area (Å²) in [5, 5.41) is 0.487. The number of benzene rings is 1. The first-order valence-electron chi connectivity index (χ1n) is 7.21. The van der Waals surface area contributed by atoms with Gasteiger partial charge in [0.05, 0.1) is 31.1 Å². The van der Waals surface area contributed by atoms with Crippen molar-refractivity contribution in [2.75, 3.05) is 7.11 Å². The van der Waals surface area contributed by atoms with Crippen LogP contribution in [0.25, 0.3) is 0 Å². The van der Waals surface area contributed by atoms with Crippen molar-refractivity contribution in [1.29, 1.82) is 0 Å². The lowest BCUT2D eigenvalue weighted by molar-refractivity contribution is -0.170. The van der Waals surface area contributed by atoms with Crippen LogP contribution >= 0.6 is 0 Å². The van der Waals surface area contributed by atoms with Gasteiger partial charge in [-0.1, -0.05) is 17.2 Å². The fourth-order valence-electron chi connectivity index (χ4n) is 2.66. The number of nitrogens with zero attached hydrogens (tertiary/aromatic N) is 1. The van der Waals surface area contributed by atoms with Gasteiger partial charge in [-0.05, 0) is 30.4 Å². The molecular weight excluding hydrogens is 302 g/mol. The number of carbonyl (C=O) groups is 4. The first-order chi connectivity index (χ1) is 11.0. The third-order valence-corrected chi connectivity index (χ3v) is 4.17. The van der Waals surface area contributed by atoms with Crippen LogP contribution in [-0.2, 0) is 19.2 Å². The van der Waals surface area contributed by atoms with Crippen molar-refractivity contribution in [3.63, 3.8) is 0 Å². The van der Waals surface area contributed by atoms with E-state index < -0.39 is 29.2 Å². The van der Waals surface area contributed by atoms with Gasteiger partial charge in [-0.15, -0.1) is 0 Å². The Kier molecular flexibility index (Phi) is 3.63. The number of hydrogen-bond donors (Lipinski definition) is 0. The first kappa shape index (κ1) is 15.2. The van der Waals surface area contributed by atoms with E-state index >= 15 is 0 Å². The molecule has 1 heterocycles. The molecule has 0 unspecified atom stereocenters. The maximum Gasteiger partial charge on any atom is 0.333 e. The van der Waals surface area contributed by atoms with Gasteiger partial charge in [-0.2, -0.15) is 0 Å². The molecule has 1 aromatic rings. The highest BCUT2D eigenvalue weighted by atomic mass is 16.7. The second-order valence-corrected chi connectivity index (χ2v) is 5.84. The summed E-state index contributed by atoms with van der Waals surface area (Å²) in [4.78, 5) is 52.6. The lowest BCUT2D eigenvalue weighted by Crippen LogP contribution is -2.33. The van der Waals surface area contributed by atoms with Crippen molar-refractivity contribution in [3.8, 4) is 0 Å². The molecule has 0 saturated heterocycles. The number of rotatable bonds is 5. The molecule has 0 atom stereocenters. The third kappa shape index (κ3) is 2.81. The van der Waals surface area contributed by atoms with E-state index in [2.05, 4.69) is 4.74 Å². The molecule has 0 bridgehead atoms. The molecule has 23 heavy (non-hydrogen) atoms. The van der Waals surface area contributed by atoms with Crippen molar-refractivity contribution in [1.82, 2.24) is 5.06 Å². The summed E-state index contributed by atoms with van der Waals surface area (Å²) in [6.07, 6.45) is 1.51. The molecule has 0 spiro atoms. The zero-order valence-corrected chi connectivity index (χ0v) is 12.5. The number of carbonyl (C=O) groups excluding carboxylic acids is 4. The minimum absolute atomic E-state index is 0.0322. The van der Waals surface area contributed by atoms with Crippen LogP contribution in [0, 0.1) is 5.41 Å². The Morgan fingerprint density at radius 2 is 1.57 bits per heavy atom. The molecule has 2 amide bonds. The van der Waals surface area contributed by atoms with Gasteiger partial charge < -0.3 is 9.57 Å². The summed E-state index contributed by atoms with van der Waals surface area (Å²) in [5.41, 5.74) is -0.0509. The number of hydrogen-bond acceptors (Lipinski definition) is 6. The Morgan fingerprint density at radius 1 is 1.04 bits per heavy atom. The number of esters is 1. The average Bonchev–Trinajstić information content (AvgIpc) is 3.25. The monoisotopic (exact) mass is 317 g/mol. The van der Waals surface area contributed by atoms with E-state index in [1.165, 1.54) is 19.2 Å². The minimum atomic E-state index is -0.707. The van der Waals surface area contributed by atoms with Gasteiger partial charge in [0, 0.05) is 0 Å². The van der Waals surface area contributed by atoms with Crippen molar-refractivity contribution in [3.05, 3.63) is 35.4 Å². The maximum atomic E-state index is 12.1. The minimum Gasteiger partial charge on any atom is -0.469 e. The summed E-state index contributed by atoms with van der Waals surface area (Å²) < 4.78 is 4.61. The predicted octanol–water partition coefficient (Wildman–Crippen LogP) is 1.47. The van der Waals surface area contributed by atoms with Crippen LogP contribution in [0.3, 0.4) is 0 Å². The number of methoxy groups -OCH3 is 1. The van der Waals surface area contributed by atoms with E-state index in [9.17, 15) is 19.2 Å². The smallest absolute Gasteiger partial charge is 0.333 e. The van der Waals surface area contributed by atoms with Crippen LogP contribution < -0.4 is 0 Å². The zero-order chi connectivity index (χ0) is 16.6. The first-order valence-corrected chi connectivity index (χ1v) is 7.21. The molecule has 1 aliphatic heterocycles. The van der Waals surface area contributed by atoms with Crippen molar-refractivity contribution < 1.29 is 28.8 Å². The average molecular weight is 317 g/mol. The van der Waals surface area contributed by atoms with Gasteiger partial charge in [-0.3, -0.25) is 14.4 Å². The van der Waals surface area contributed by atoms with Crippen molar-refractivity contribution in [2.24, 2.45) is 5.41 Å². The zero-order valence-electron chi connectivity index (χ0n) is 12.5. The van der Waals surface area contributed by atoms with Gasteiger partial charge in [-0.25, -0.2) is 4.79 Å². The highest BCUT2D eigenvalue weighted by molar-refractivity contribution is 6.20. The number of hydroxylamine groups is 2. The molecule has 1 fully saturated rings. The summed E-state index contributed by atoms with van der Waals surface area (Å²) >= 11 is 0. The third-order valence-electron chi connectivity index (χ3n) is 4.17. The quantitative estimate of drug-likeness (QED) is 0.603. The highest BCUT2D eigenvalue weighted by Gasteiger charge is 2.48. The SMILES string of the molecule is COC(=O)CC1(CC(=O)ON2C(=O)c3ccccc3C2=O)CC1. The lowest BCUT2D eigenvalue weighted by atomic mass is 9.98. The molecule has 2 aliphatic rings. The number of imide groups is 1. The Balaban J connectivity index is 1.65. The van der Waals surface area contributed by atoms with Crippen LogP contribution in [0.15, 0.2) is 24.3 Å². The summed E-state index contributed by atoms with van der Waals surface area (Å²) in [6.45, 7) is 0. The van der Waals surface area contributed by atoms with Gasteiger partial charge >= 0.3 is 11.9 Å². The van der Waals surface area contributed by atoms with Crippen molar-refractivity contribution >= 4 is 23.8 Å². The molecular formula is C16H15NO6. The van der Waals surface area contributed by atoms with Gasteiger partial charge in [0.15, 0.2) is 0 Å². The summed E-state index contributed by atoms with van der Waals surface area (Å²) in [5.74, 6) is -2.41. The largest absolute Gasteiger partial charge is 0.469 e. The van der Waals surface area contributed by atoms with Gasteiger partial charge in [0.1, 0.15) is 0 Å². The van der Waals surface area contributed by atoms with E-state index in [0.29, 0.717) is 17.9 Å². The molecule has 120 valence electrons. The van der Waals surface area contributed by atoms with Gasteiger partial charge in [0.25, 0.3) is 11.8 Å². The Bertz CT molecular complexity index is 671. The van der Waals surface area contributed by atoms with Crippen LogP contribution in [-0.4, -0.2) is 35.9 Å². The van der Waals surface area contributed by atoms with E-state index in [1.807, 2.05) is 0 Å². The van der Waals surface area contributed by atoms with Crippen LogP contribution in [0.1, 0.15) is 46.4 Å². The van der Waals surface area contributed by atoms with E-state index in [-0.39, 0.29) is 24.0 Å². The summed E-state index contributed by atoms with van der Waals surface area (Å²) in [6, 6.07) is 6.27.